The number of aromatic nitrogens is 1. The summed E-state index contributed by atoms with van der Waals surface area (Å²) in [6.07, 6.45) is -3.33. The van der Waals surface area contributed by atoms with Crippen molar-refractivity contribution < 1.29 is 18.0 Å². The van der Waals surface area contributed by atoms with Crippen LogP contribution < -0.4 is 5.73 Å². The number of nitrogens with two attached hydrogens (primary N) is 1. The Balaban J connectivity index is 2.84. The maximum atomic E-state index is 12.7. The fourth-order valence-electron chi connectivity index (χ4n) is 1.62. The molecule has 1 aromatic carbocycles. The van der Waals surface area contributed by atoms with E-state index in [0.717, 1.165) is 6.07 Å². The highest BCUT2D eigenvalue weighted by molar-refractivity contribution is 6.07. The summed E-state index contributed by atoms with van der Waals surface area (Å²) in [4.78, 5) is 13.6. The van der Waals surface area contributed by atoms with Gasteiger partial charge in [-0.05, 0) is 12.1 Å². The Morgan fingerprint density at radius 3 is 2.56 bits per heavy atom. The number of hydrogen-bond donors (Lipinski definition) is 2. The van der Waals surface area contributed by atoms with Crippen molar-refractivity contribution in [2.24, 2.45) is 5.73 Å². The smallest absolute Gasteiger partial charge is 0.366 e. The van der Waals surface area contributed by atoms with Gasteiger partial charge in [-0.1, -0.05) is 6.07 Å². The van der Waals surface area contributed by atoms with Gasteiger partial charge in [0.2, 0.25) is 0 Å². The van der Waals surface area contributed by atoms with Gasteiger partial charge in [-0.25, -0.2) is 0 Å². The van der Waals surface area contributed by atoms with Crippen LogP contribution in [-0.2, 0) is 6.18 Å². The number of amides is 1. The van der Waals surface area contributed by atoms with Crippen LogP contribution in [0.25, 0.3) is 10.9 Å². The van der Waals surface area contributed by atoms with Crippen LogP contribution in [0.3, 0.4) is 0 Å². The lowest BCUT2D eigenvalue weighted by Crippen LogP contribution is -2.12. The average Bonchev–Trinajstić information content (AvgIpc) is 2.58. The van der Waals surface area contributed by atoms with E-state index < -0.39 is 17.6 Å². The Labute approximate surface area is 88.1 Å². The van der Waals surface area contributed by atoms with Crippen molar-refractivity contribution in [3.8, 4) is 0 Å². The lowest BCUT2D eigenvalue weighted by Gasteiger charge is -2.08. The Bertz CT molecular complexity index is 557. The van der Waals surface area contributed by atoms with E-state index in [4.69, 9.17) is 5.73 Å². The van der Waals surface area contributed by atoms with E-state index in [1.54, 1.807) is 0 Å². The third-order valence-corrected chi connectivity index (χ3v) is 2.28. The lowest BCUT2D eigenvalue weighted by molar-refractivity contribution is -0.136. The summed E-state index contributed by atoms with van der Waals surface area (Å²) in [7, 11) is 0. The highest BCUT2D eigenvalue weighted by Gasteiger charge is 2.34. The normalized spacial score (nSPS) is 11.9. The quantitative estimate of drug-likeness (QED) is 0.772. The van der Waals surface area contributed by atoms with Gasteiger partial charge in [-0.2, -0.15) is 13.2 Å². The minimum Gasteiger partial charge on any atom is -0.366 e. The number of nitrogens with one attached hydrogen (secondary N) is 1. The van der Waals surface area contributed by atoms with Gasteiger partial charge in [0.15, 0.2) is 0 Å². The minimum atomic E-state index is -4.51. The van der Waals surface area contributed by atoms with Crippen molar-refractivity contribution in [3.05, 3.63) is 35.5 Å². The fourth-order valence-corrected chi connectivity index (χ4v) is 1.62. The van der Waals surface area contributed by atoms with Crippen molar-refractivity contribution in [1.29, 1.82) is 0 Å². The Morgan fingerprint density at radius 1 is 1.31 bits per heavy atom. The molecule has 0 unspecified atom stereocenters. The maximum absolute atomic E-state index is 12.7. The van der Waals surface area contributed by atoms with E-state index in [1.165, 1.54) is 18.3 Å². The second kappa shape index (κ2) is 3.26. The van der Waals surface area contributed by atoms with Gasteiger partial charge in [0, 0.05) is 17.1 Å². The van der Waals surface area contributed by atoms with Gasteiger partial charge < -0.3 is 10.7 Å². The highest BCUT2D eigenvalue weighted by Crippen LogP contribution is 2.35. The lowest BCUT2D eigenvalue weighted by atomic mass is 10.1. The van der Waals surface area contributed by atoms with Crippen LogP contribution in [0, 0.1) is 0 Å². The zero-order chi connectivity index (χ0) is 11.9. The molecule has 16 heavy (non-hydrogen) atoms. The van der Waals surface area contributed by atoms with Crippen molar-refractivity contribution in [2.75, 3.05) is 0 Å². The second-order valence-electron chi connectivity index (χ2n) is 3.29. The third-order valence-electron chi connectivity index (χ3n) is 2.28. The summed E-state index contributed by atoms with van der Waals surface area (Å²) >= 11 is 0. The number of carbonyl (C=O) groups is 1. The van der Waals surface area contributed by atoms with Crippen molar-refractivity contribution in [1.82, 2.24) is 4.98 Å². The molecule has 2 aromatic rings. The average molecular weight is 228 g/mol. The third kappa shape index (κ3) is 1.52. The van der Waals surface area contributed by atoms with Crippen LogP contribution in [0.15, 0.2) is 24.4 Å². The van der Waals surface area contributed by atoms with E-state index in [9.17, 15) is 18.0 Å². The summed E-state index contributed by atoms with van der Waals surface area (Å²) in [5.41, 5.74) is 4.24. The van der Waals surface area contributed by atoms with E-state index in [0.29, 0.717) is 0 Å². The molecular weight excluding hydrogens is 221 g/mol. The largest absolute Gasteiger partial charge is 0.417 e. The van der Waals surface area contributed by atoms with Crippen molar-refractivity contribution in [2.45, 2.75) is 6.18 Å². The predicted molar refractivity (Wildman–Crippen MR) is 51.8 cm³/mol. The summed E-state index contributed by atoms with van der Waals surface area (Å²) in [6.45, 7) is 0. The first kappa shape index (κ1) is 10.5. The Kier molecular flexibility index (Phi) is 2.15. The van der Waals surface area contributed by atoms with Crippen LogP contribution in [0.1, 0.15) is 15.9 Å². The van der Waals surface area contributed by atoms with Gasteiger partial charge in [0.1, 0.15) is 0 Å². The molecule has 0 aliphatic carbocycles. The number of carbonyl (C=O) groups excluding carboxylic acids is 1. The Morgan fingerprint density at radius 2 is 2.00 bits per heavy atom. The predicted octanol–water partition coefficient (Wildman–Crippen LogP) is 2.29. The number of rotatable bonds is 1. The fraction of sp³-hybridized carbons (Fsp3) is 0.100. The van der Waals surface area contributed by atoms with Crippen molar-refractivity contribution in [3.63, 3.8) is 0 Å². The van der Waals surface area contributed by atoms with Crippen LogP contribution in [0.5, 0.6) is 0 Å². The zero-order valence-electron chi connectivity index (χ0n) is 7.93. The number of aromatic amines is 1. The van der Waals surface area contributed by atoms with Crippen LogP contribution in [0.2, 0.25) is 0 Å². The molecule has 0 aliphatic rings. The topological polar surface area (TPSA) is 58.9 Å². The summed E-state index contributed by atoms with van der Waals surface area (Å²) in [5, 5.41) is -0.178. The monoisotopic (exact) mass is 228 g/mol. The standard InChI is InChI=1S/C10H7F3N2O/c11-10(12,13)6-2-1-3-7-8(6)5(4-15-7)9(14)16/h1-4,15H,(H2,14,16). The summed E-state index contributed by atoms with van der Waals surface area (Å²) in [6, 6.07) is 3.64. The first-order valence-corrected chi connectivity index (χ1v) is 4.38. The molecule has 1 amide bonds. The summed E-state index contributed by atoms with van der Waals surface area (Å²) in [5.74, 6) is -0.886. The number of H-pyrrole nitrogens is 1. The number of halogens is 3. The molecule has 0 saturated heterocycles. The van der Waals surface area contributed by atoms with Gasteiger partial charge in [0.25, 0.3) is 5.91 Å². The van der Waals surface area contributed by atoms with Gasteiger partial charge in [0.05, 0.1) is 11.1 Å². The first-order chi connectivity index (χ1) is 7.41. The molecule has 6 heteroatoms. The maximum Gasteiger partial charge on any atom is 0.417 e. The minimum absolute atomic E-state index is 0.150. The molecule has 0 spiro atoms. The molecule has 3 N–H and O–H groups in total. The van der Waals surface area contributed by atoms with E-state index in [2.05, 4.69) is 4.98 Å². The molecule has 0 radical (unpaired) electrons. The van der Waals surface area contributed by atoms with Crippen LogP contribution in [-0.4, -0.2) is 10.9 Å². The molecular formula is C10H7F3N2O. The number of hydrogen-bond acceptors (Lipinski definition) is 1. The molecule has 1 heterocycles. The molecule has 3 nitrogen and oxygen atoms in total. The first-order valence-electron chi connectivity index (χ1n) is 4.38. The molecule has 2 rings (SSSR count). The van der Waals surface area contributed by atoms with Gasteiger partial charge in [-0.15, -0.1) is 0 Å². The molecule has 84 valence electrons. The van der Waals surface area contributed by atoms with Crippen molar-refractivity contribution >= 4 is 16.8 Å². The Hall–Kier alpha value is -1.98. The zero-order valence-corrected chi connectivity index (χ0v) is 7.93. The van der Waals surface area contributed by atoms with E-state index >= 15 is 0 Å². The second-order valence-corrected chi connectivity index (χ2v) is 3.29. The van der Waals surface area contributed by atoms with E-state index in [-0.39, 0.29) is 16.5 Å². The van der Waals surface area contributed by atoms with Gasteiger partial charge in [-0.3, -0.25) is 4.79 Å². The molecule has 0 aliphatic heterocycles. The highest BCUT2D eigenvalue weighted by atomic mass is 19.4. The number of fused-ring (bicyclic) bond motifs is 1. The molecule has 0 bridgehead atoms. The number of alkyl halides is 3. The summed E-state index contributed by atoms with van der Waals surface area (Å²) < 4.78 is 38.0. The van der Waals surface area contributed by atoms with Crippen LogP contribution >= 0.6 is 0 Å². The molecule has 0 saturated carbocycles. The molecule has 0 atom stereocenters. The van der Waals surface area contributed by atoms with E-state index in [1.807, 2.05) is 0 Å². The molecule has 0 fully saturated rings. The SMILES string of the molecule is NC(=O)c1c[nH]c2cccc(C(F)(F)F)c12. The van der Waals surface area contributed by atoms with Crippen LogP contribution in [0.4, 0.5) is 13.2 Å². The number of benzene rings is 1. The van der Waals surface area contributed by atoms with Gasteiger partial charge >= 0.3 is 6.18 Å². The number of primary amides is 1. The molecule has 1 aromatic heterocycles.